The van der Waals surface area contributed by atoms with Gasteiger partial charge in [-0.25, -0.2) is 0 Å². The highest BCUT2D eigenvalue weighted by molar-refractivity contribution is 6.11. The minimum atomic E-state index is -4.79. The predicted octanol–water partition coefficient (Wildman–Crippen LogP) is 6.10. The van der Waals surface area contributed by atoms with Crippen LogP contribution in [0.15, 0.2) is 85.1 Å². The van der Waals surface area contributed by atoms with Crippen molar-refractivity contribution < 1.29 is 22.7 Å². The Kier molecular flexibility index (Phi) is 5.18. The van der Waals surface area contributed by atoms with Crippen LogP contribution in [0.5, 0.6) is 5.75 Å². The van der Waals surface area contributed by atoms with Gasteiger partial charge in [-0.15, -0.1) is 13.2 Å². The van der Waals surface area contributed by atoms with Crippen molar-refractivity contribution in [1.82, 2.24) is 4.98 Å². The van der Waals surface area contributed by atoms with Gasteiger partial charge in [0.25, 0.3) is 0 Å². The highest BCUT2D eigenvalue weighted by atomic mass is 19.4. The number of hydrogen-bond acceptors (Lipinski definition) is 3. The number of fused-ring (bicyclic) bond motifs is 1. The second kappa shape index (κ2) is 7.94. The number of H-pyrrole nitrogens is 1. The molecule has 0 aliphatic heterocycles. The number of aromatic nitrogens is 1. The van der Waals surface area contributed by atoms with Gasteiger partial charge in [-0.3, -0.25) is 4.79 Å². The van der Waals surface area contributed by atoms with E-state index in [0.717, 1.165) is 10.9 Å². The zero-order chi connectivity index (χ0) is 21.1. The molecular weight excluding hydrogens is 393 g/mol. The largest absolute Gasteiger partial charge is 0.573 e. The number of ether oxygens (including phenoxy) is 1. The molecule has 1 heterocycles. The fraction of sp³-hybridized carbons (Fsp3) is 0.0870. The Balaban J connectivity index is 1.70. The smallest absolute Gasteiger partial charge is 0.406 e. The maximum atomic E-state index is 13.4. The van der Waals surface area contributed by atoms with E-state index in [1.165, 1.54) is 18.2 Å². The first kappa shape index (κ1) is 19.6. The van der Waals surface area contributed by atoms with Crippen molar-refractivity contribution in [2.75, 3.05) is 5.32 Å². The van der Waals surface area contributed by atoms with Gasteiger partial charge in [0.15, 0.2) is 5.78 Å². The number of nitrogens with one attached hydrogen (secondary N) is 2. The highest BCUT2D eigenvalue weighted by Crippen LogP contribution is 2.30. The Bertz CT molecular complexity index is 1170. The van der Waals surface area contributed by atoms with E-state index in [0.29, 0.717) is 16.8 Å². The zero-order valence-electron chi connectivity index (χ0n) is 15.6. The van der Waals surface area contributed by atoms with Crippen LogP contribution in [-0.2, 0) is 0 Å². The van der Waals surface area contributed by atoms with Crippen LogP contribution in [0.1, 0.15) is 22.0 Å². The fourth-order valence-electron chi connectivity index (χ4n) is 3.33. The number of carbonyl (C=O) groups excluding carboxylic acids is 1. The van der Waals surface area contributed by atoms with Gasteiger partial charge in [-0.2, -0.15) is 0 Å². The summed E-state index contributed by atoms with van der Waals surface area (Å²) in [6.45, 7) is 0. The van der Waals surface area contributed by atoms with Crippen LogP contribution in [0.2, 0.25) is 0 Å². The van der Waals surface area contributed by atoms with Gasteiger partial charge < -0.3 is 15.0 Å². The molecule has 2 N–H and O–H groups in total. The lowest BCUT2D eigenvalue weighted by atomic mass is 9.96. The standard InChI is InChI=1S/C23H17F3N2O2/c24-23(25,26)30-17-10-6-9-16(13-17)28-21(15-7-2-1-3-8-15)22(29)19-14-27-20-12-5-4-11-18(19)20/h1-14,21,27-28H. The number of aromatic amines is 1. The van der Waals surface area contributed by atoms with Gasteiger partial charge in [0.1, 0.15) is 11.8 Å². The average Bonchev–Trinajstić information content (AvgIpc) is 3.15. The van der Waals surface area contributed by atoms with E-state index < -0.39 is 12.4 Å². The van der Waals surface area contributed by atoms with E-state index in [2.05, 4.69) is 15.0 Å². The summed E-state index contributed by atoms with van der Waals surface area (Å²) in [6.07, 6.45) is -3.15. The molecule has 4 nitrogen and oxygen atoms in total. The number of anilines is 1. The number of halogens is 3. The number of benzene rings is 3. The summed E-state index contributed by atoms with van der Waals surface area (Å²) in [5.74, 6) is -0.570. The molecule has 0 aliphatic carbocycles. The Labute approximate surface area is 170 Å². The van der Waals surface area contributed by atoms with E-state index in [-0.39, 0.29) is 11.5 Å². The normalized spacial score (nSPS) is 12.5. The molecule has 1 unspecified atom stereocenters. The van der Waals surface area contributed by atoms with Crippen molar-refractivity contribution >= 4 is 22.4 Å². The summed E-state index contributed by atoms with van der Waals surface area (Å²) < 4.78 is 41.7. The van der Waals surface area contributed by atoms with Gasteiger partial charge in [-0.1, -0.05) is 54.6 Å². The molecule has 3 aromatic carbocycles. The van der Waals surface area contributed by atoms with Crippen LogP contribution in [0.3, 0.4) is 0 Å². The Morgan fingerprint density at radius 1 is 0.933 bits per heavy atom. The quantitative estimate of drug-likeness (QED) is 0.378. The molecule has 1 atom stereocenters. The molecule has 1 aromatic heterocycles. The van der Waals surface area contributed by atoms with Crippen LogP contribution in [-0.4, -0.2) is 17.1 Å². The second-order valence-electron chi connectivity index (χ2n) is 6.68. The minimum absolute atomic E-state index is 0.208. The maximum absolute atomic E-state index is 13.4. The highest BCUT2D eigenvalue weighted by Gasteiger charge is 2.31. The summed E-state index contributed by atoms with van der Waals surface area (Å²) in [7, 11) is 0. The predicted molar refractivity (Wildman–Crippen MR) is 109 cm³/mol. The fourth-order valence-corrected chi connectivity index (χ4v) is 3.33. The van der Waals surface area contributed by atoms with Gasteiger partial charge >= 0.3 is 6.36 Å². The van der Waals surface area contributed by atoms with Crippen molar-refractivity contribution in [1.29, 1.82) is 0 Å². The van der Waals surface area contributed by atoms with E-state index in [9.17, 15) is 18.0 Å². The van der Waals surface area contributed by atoms with Crippen molar-refractivity contribution in [2.45, 2.75) is 12.4 Å². The molecule has 7 heteroatoms. The van der Waals surface area contributed by atoms with Crippen molar-refractivity contribution in [3.8, 4) is 5.75 Å². The lowest BCUT2D eigenvalue weighted by Crippen LogP contribution is -2.21. The number of rotatable bonds is 6. The minimum Gasteiger partial charge on any atom is -0.406 e. The van der Waals surface area contributed by atoms with E-state index >= 15 is 0 Å². The zero-order valence-corrected chi connectivity index (χ0v) is 15.6. The summed E-state index contributed by atoms with van der Waals surface area (Å²) >= 11 is 0. The van der Waals surface area contributed by atoms with Crippen LogP contribution >= 0.6 is 0 Å². The molecule has 0 fully saturated rings. The van der Waals surface area contributed by atoms with E-state index in [1.54, 1.807) is 36.5 Å². The molecule has 4 rings (SSSR count). The second-order valence-corrected chi connectivity index (χ2v) is 6.68. The third kappa shape index (κ3) is 4.30. The van der Waals surface area contributed by atoms with Crippen LogP contribution < -0.4 is 10.1 Å². The Morgan fingerprint density at radius 2 is 1.67 bits per heavy atom. The van der Waals surface area contributed by atoms with E-state index in [1.807, 2.05) is 30.3 Å². The topological polar surface area (TPSA) is 54.1 Å². The van der Waals surface area contributed by atoms with Gasteiger partial charge in [0, 0.05) is 34.4 Å². The number of hydrogen-bond donors (Lipinski definition) is 2. The SMILES string of the molecule is O=C(c1c[nH]c2ccccc12)C(Nc1cccc(OC(F)(F)F)c1)c1ccccc1. The Hall–Kier alpha value is -3.74. The molecule has 0 amide bonds. The maximum Gasteiger partial charge on any atom is 0.573 e. The lowest BCUT2D eigenvalue weighted by Gasteiger charge is -2.20. The van der Waals surface area contributed by atoms with Crippen molar-refractivity contribution in [3.63, 3.8) is 0 Å². The molecule has 0 bridgehead atoms. The van der Waals surface area contributed by atoms with Crippen LogP contribution in [0.25, 0.3) is 10.9 Å². The van der Waals surface area contributed by atoms with Crippen LogP contribution in [0.4, 0.5) is 18.9 Å². The number of carbonyl (C=O) groups is 1. The molecule has 152 valence electrons. The number of ketones is 1. The number of para-hydroxylation sites is 1. The first-order valence-electron chi connectivity index (χ1n) is 9.18. The average molecular weight is 410 g/mol. The van der Waals surface area contributed by atoms with Crippen molar-refractivity contribution in [3.05, 3.63) is 96.2 Å². The molecule has 4 aromatic rings. The first-order chi connectivity index (χ1) is 14.4. The summed E-state index contributed by atoms with van der Waals surface area (Å²) in [4.78, 5) is 16.5. The summed E-state index contributed by atoms with van der Waals surface area (Å²) in [6, 6.07) is 21.1. The van der Waals surface area contributed by atoms with E-state index in [4.69, 9.17) is 0 Å². The van der Waals surface area contributed by atoms with Gasteiger partial charge in [-0.05, 0) is 23.8 Å². The molecule has 0 radical (unpaired) electrons. The third-order valence-corrected chi connectivity index (χ3v) is 4.63. The third-order valence-electron chi connectivity index (χ3n) is 4.63. The van der Waals surface area contributed by atoms with Gasteiger partial charge in [0.05, 0.1) is 0 Å². The molecule has 0 spiro atoms. The number of alkyl halides is 3. The van der Waals surface area contributed by atoms with Crippen LogP contribution in [0, 0.1) is 0 Å². The Morgan fingerprint density at radius 3 is 2.43 bits per heavy atom. The summed E-state index contributed by atoms with van der Waals surface area (Å²) in [5.41, 5.74) is 2.34. The first-order valence-corrected chi connectivity index (χ1v) is 9.18. The number of Topliss-reactive ketones (excluding diaryl/α,β-unsaturated/α-hetero) is 1. The summed E-state index contributed by atoms with van der Waals surface area (Å²) in [5, 5.41) is 3.84. The van der Waals surface area contributed by atoms with Crippen molar-refractivity contribution in [2.24, 2.45) is 0 Å². The lowest BCUT2D eigenvalue weighted by molar-refractivity contribution is -0.274. The monoisotopic (exact) mass is 410 g/mol. The molecule has 0 saturated heterocycles. The molecular formula is C23H17F3N2O2. The molecule has 0 aliphatic rings. The molecule has 0 saturated carbocycles. The van der Waals surface area contributed by atoms with Gasteiger partial charge in [0.2, 0.25) is 0 Å². The molecule has 30 heavy (non-hydrogen) atoms.